The van der Waals surface area contributed by atoms with Crippen LogP contribution in [0, 0.1) is 0 Å². The molecule has 1 nitrogen and oxygen atoms in total. The Labute approximate surface area is 446 Å². The van der Waals surface area contributed by atoms with E-state index < -0.39 is 10.8 Å². The molecule has 0 N–H and O–H groups in total. The van der Waals surface area contributed by atoms with E-state index in [0.29, 0.717) is 0 Å². The Morgan fingerprint density at radius 2 is 0.724 bits per heavy atom. The number of benzene rings is 12. The molecule has 0 amide bonds. The van der Waals surface area contributed by atoms with Gasteiger partial charge in [0.15, 0.2) is 0 Å². The first-order chi connectivity index (χ1) is 37.7. The summed E-state index contributed by atoms with van der Waals surface area (Å²) in [5.74, 6) is 0. The molecular formula is C74H47NS. The van der Waals surface area contributed by atoms with Gasteiger partial charge in [-0.2, -0.15) is 0 Å². The van der Waals surface area contributed by atoms with Gasteiger partial charge in [0.05, 0.1) is 26.9 Å². The molecule has 1 heterocycles. The van der Waals surface area contributed by atoms with Crippen LogP contribution in [0.15, 0.2) is 285 Å². The van der Waals surface area contributed by atoms with E-state index >= 15 is 0 Å². The molecule has 1 aromatic heterocycles. The average Bonchev–Trinajstić information content (AvgIpc) is 4.25. The van der Waals surface area contributed by atoms with Gasteiger partial charge in [0.2, 0.25) is 0 Å². The Hall–Kier alpha value is -9.34. The van der Waals surface area contributed by atoms with Crippen molar-refractivity contribution in [1.29, 1.82) is 0 Å². The maximum absolute atomic E-state index is 2.62. The van der Waals surface area contributed by atoms with Gasteiger partial charge in [0.25, 0.3) is 0 Å². The van der Waals surface area contributed by atoms with Crippen LogP contribution < -0.4 is 4.90 Å². The van der Waals surface area contributed by atoms with E-state index in [9.17, 15) is 0 Å². The zero-order valence-electron chi connectivity index (χ0n) is 41.5. The minimum atomic E-state index is -0.695. The smallest absolute Gasteiger partial charge is 0.0726 e. The third kappa shape index (κ3) is 5.90. The van der Waals surface area contributed by atoms with Crippen molar-refractivity contribution in [3.63, 3.8) is 0 Å². The molecule has 3 aliphatic rings. The summed E-state index contributed by atoms with van der Waals surface area (Å²) in [7, 11) is 0. The number of fused-ring (bicyclic) bond motifs is 16. The lowest BCUT2D eigenvalue weighted by Gasteiger charge is -2.36. The zero-order chi connectivity index (χ0) is 50.0. The van der Waals surface area contributed by atoms with Crippen LogP contribution in [0.2, 0.25) is 0 Å². The fraction of sp³-hybridized carbons (Fsp3) is 0.0270. The fourth-order valence-electron chi connectivity index (χ4n) is 13.9. The Kier molecular flexibility index (Phi) is 9.40. The first kappa shape index (κ1) is 43.1. The van der Waals surface area contributed by atoms with E-state index in [2.05, 4.69) is 290 Å². The van der Waals surface area contributed by atoms with Gasteiger partial charge in [-0.05, 0) is 137 Å². The van der Waals surface area contributed by atoms with Crippen molar-refractivity contribution in [2.75, 3.05) is 4.90 Å². The molecular weight excluding hydrogens is 935 g/mol. The van der Waals surface area contributed by atoms with Gasteiger partial charge in [0.1, 0.15) is 0 Å². The summed E-state index contributed by atoms with van der Waals surface area (Å²) >= 11 is 1.89. The van der Waals surface area contributed by atoms with Gasteiger partial charge in [-0.1, -0.05) is 243 Å². The Balaban J connectivity index is 1.01. The van der Waals surface area contributed by atoms with Crippen LogP contribution in [-0.2, 0) is 10.8 Å². The van der Waals surface area contributed by atoms with E-state index in [4.69, 9.17) is 0 Å². The number of nitrogens with zero attached hydrogens (tertiary/aromatic N) is 1. The second kappa shape index (κ2) is 16.6. The summed E-state index contributed by atoms with van der Waals surface area (Å²) in [6, 6.07) is 107. The van der Waals surface area contributed by atoms with E-state index in [0.717, 1.165) is 17.1 Å². The van der Waals surface area contributed by atoms with Crippen molar-refractivity contribution >= 4 is 48.6 Å². The highest BCUT2D eigenvalue weighted by Crippen LogP contribution is 2.65. The number of hydrogen-bond acceptors (Lipinski definition) is 2. The molecule has 0 radical (unpaired) electrons. The van der Waals surface area contributed by atoms with Gasteiger partial charge in [-0.3, -0.25) is 0 Å². The first-order valence-electron chi connectivity index (χ1n) is 26.4. The van der Waals surface area contributed by atoms with Crippen LogP contribution >= 0.6 is 11.3 Å². The molecule has 354 valence electrons. The zero-order valence-corrected chi connectivity index (χ0v) is 42.3. The summed E-state index contributed by atoms with van der Waals surface area (Å²) < 4.78 is 2.55. The number of thiophene rings is 1. The molecule has 16 rings (SSSR count). The van der Waals surface area contributed by atoms with Gasteiger partial charge < -0.3 is 4.90 Å². The minimum Gasteiger partial charge on any atom is -0.308 e. The lowest BCUT2D eigenvalue weighted by atomic mass is 9.67. The van der Waals surface area contributed by atoms with Gasteiger partial charge in [-0.15, -0.1) is 11.3 Å². The molecule has 3 aliphatic carbocycles. The van der Waals surface area contributed by atoms with Crippen LogP contribution in [-0.4, -0.2) is 0 Å². The SMILES string of the molecule is c1ccc(-c2cccc(C3(c4cccc(-c5ccccc5)c4)c4ccccc4-c4ccc(N(c5cccc6c5-c5ccccc5C65c6ccccc6-c6ccccc65)c5cccc6c5sc5ccccc56)cc43)c2)cc1. The molecule has 0 fully saturated rings. The maximum atomic E-state index is 2.62. The highest BCUT2D eigenvalue weighted by atomic mass is 32.1. The Bertz CT molecular complexity index is 4360. The molecule has 0 saturated carbocycles. The van der Waals surface area contributed by atoms with E-state index in [1.165, 1.54) is 120 Å². The fourth-order valence-corrected chi connectivity index (χ4v) is 15.2. The number of anilines is 3. The van der Waals surface area contributed by atoms with Crippen LogP contribution in [0.4, 0.5) is 17.1 Å². The molecule has 13 aromatic rings. The third-order valence-electron chi connectivity index (χ3n) is 17.0. The highest BCUT2D eigenvalue weighted by molar-refractivity contribution is 7.26. The van der Waals surface area contributed by atoms with Gasteiger partial charge in [-0.25, -0.2) is 0 Å². The molecule has 2 heteroatoms. The Morgan fingerprint density at radius 3 is 1.36 bits per heavy atom. The number of rotatable bonds is 7. The van der Waals surface area contributed by atoms with Crippen molar-refractivity contribution in [3.8, 4) is 55.6 Å². The summed E-state index contributed by atoms with van der Waals surface area (Å²) in [4.78, 5) is 2.62. The molecule has 1 spiro atoms. The summed E-state index contributed by atoms with van der Waals surface area (Å²) in [6.45, 7) is 0. The summed E-state index contributed by atoms with van der Waals surface area (Å²) in [5.41, 5.74) is 25.0. The van der Waals surface area contributed by atoms with Crippen molar-refractivity contribution in [1.82, 2.24) is 0 Å². The average molecular weight is 982 g/mol. The quantitative estimate of drug-likeness (QED) is 0.154. The van der Waals surface area contributed by atoms with Gasteiger partial charge >= 0.3 is 0 Å². The second-order valence-corrected chi connectivity index (χ2v) is 21.6. The molecule has 0 unspecified atom stereocenters. The van der Waals surface area contributed by atoms with Crippen LogP contribution in [0.5, 0.6) is 0 Å². The molecule has 12 aromatic carbocycles. The number of hydrogen-bond donors (Lipinski definition) is 0. The van der Waals surface area contributed by atoms with Crippen LogP contribution in [0.3, 0.4) is 0 Å². The molecule has 0 atom stereocenters. The standard InChI is InChI=1S/C74H47NS/c1-3-21-48(22-4-1)50-25-17-27-52(45-50)73(53-28-18-26-51(46-53)49-23-5-2-6-24-49)62-35-12-7-31-57(62)58-44-43-54(47-67(58)73)75(69-41-19-34-60-59-32-11-16-42-70(59)76-72(60)69)68-40-20-39-66-71(68)61-33-10-15-38-65(61)74(66)63-36-13-8-29-55(63)56-30-9-14-37-64(56)74/h1-47H. The normalized spacial score (nSPS) is 13.7. The molecule has 0 aliphatic heterocycles. The van der Waals surface area contributed by atoms with Crippen molar-refractivity contribution in [3.05, 3.63) is 330 Å². The largest absolute Gasteiger partial charge is 0.308 e. The van der Waals surface area contributed by atoms with Crippen molar-refractivity contribution in [2.45, 2.75) is 10.8 Å². The topological polar surface area (TPSA) is 3.24 Å². The lowest BCUT2D eigenvalue weighted by Crippen LogP contribution is -2.29. The lowest BCUT2D eigenvalue weighted by molar-refractivity contribution is 0.769. The predicted molar refractivity (Wildman–Crippen MR) is 318 cm³/mol. The van der Waals surface area contributed by atoms with Crippen molar-refractivity contribution in [2.24, 2.45) is 0 Å². The first-order valence-corrected chi connectivity index (χ1v) is 27.2. The monoisotopic (exact) mass is 981 g/mol. The summed E-state index contributed by atoms with van der Waals surface area (Å²) in [6.07, 6.45) is 0. The van der Waals surface area contributed by atoms with Crippen molar-refractivity contribution < 1.29 is 0 Å². The molecule has 0 bridgehead atoms. The third-order valence-corrected chi connectivity index (χ3v) is 18.2. The van der Waals surface area contributed by atoms with Gasteiger partial charge in [0, 0.05) is 26.7 Å². The molecule has 0 saturated heterocycles. The van der Waals surface area contributed by atoms with Crippen LogP contribution in [0.1, 0.15) is 44.5 Å². The Morgan fingerprint density at radius 1 is 0.276 bits per heavy atom. The highest BCUT2D eigenvalue weighted by Gasteiger charge is 2.53. The van der Waals surface area contributed by atoms with E-state index in [1.807, 2.05) is 11.3 Å². The van der Waals surface area contributed by atoms with Crippen LogP contribution in [0.25, 0.3) is 75.8 Å². The molecule has 76 heavy (non-hydrogen) atoms. The maximum Gasteiger partial charge on any atom is 0.0726 e. The minimum absolute atomic E-state index is 0.493. The second-order valence-electron chi connectivity index (χ2n) is 20.6. The summed E-state index contributed by atoms with van der Waals surface area (Å²) in [5, 5.41) is 2.55. The predicted octanol–water partition coefficient (Wildman–Crippen LogP) is 19.6. The van der Waals surface area contributed by atoms with E-state index in [-0.39, 0.29) is 0 Å². The van der Waals surface area contributed by atoms with E-state index in [1.54, 1.807) is 0 Å².